The van der Waals surface area contributed by atoms with E-state index in [4.69, 9.17) is 11.6 Å². The number of pyridine rings is 1. The van der Waals surface area contributed by atoms with Crippen molar-refractivity contribution >= 4 is 29.2 Å². The molecule has 1 aromatic heterocycles. The number of anilines is 1. The van der Waals surface area contributed by atoms with Crippen molar-refractivity contribution in [3.63, 3.8) is 0 Å². The van der Waals surface area contributed by atoms with E-state index in [1.165, 1.54) is 6.42 Å². The molecule has 5 rings (SSSR count). The van der Waals surface area contributed by atoms with Crippen LogP contribution in [-0.2, 0) is 4.79 Å². The van der Waals surface area contributed by atoms with E-state index < -0.39 is 0 Å². The molecule has 1 aromatic carbocycles. The molecule has 1 saturated carbocycles. The first kappa shape index (κ1) is 21.3. The Hall–Kier alpha value is -2.60. The van der Waals surface area contributed by atoms with Gasteiger partial charge in [-0.2, -0.15) is 0 Å². The van der Waals surface area contributed by atoms with E-state index in [9.17, 15) is 9.59 Å². The number of aromatic nitrogens is 1. The second-order valence-electron chi connectivity index (χ2n) is 9.09. The molecule has 0 radical (unpaired) electrons. The average Bonchev–Trinajstić information content (AvgIpc) is 3.24. The summed E-state index contributed by atoms with van der Waals surface area (Å²) in [5.74, 6) is 1.42. The monoisotopic (exact) mass is 452 g/mol. The van der Waals surface area contributed by atoms with Gasteiger partial charge in [0.2, 0.25) is 5.91 Å². The van der Waals surface area contributed by atoms with E-state index in [1.807, 2.05) is 52.3 Å². The number of hydrogen-bond acceptors (Lipinski definition) is 4. The molecule has 7 heteroatoms. The van der Waals surface area contributed by atoms with Gasteiger partial charge in [-0.25, -0.2) is 4.98 Å². The summed E-state index contributed by atoms with van der Waals surface area (Å²) < 4.78 is 0. The smallest absolute Gasteiger partial charge is 0.254 e. The summed E-state index contributed by atoms with van der Waals surface area (Å²) in [5.41, 5.74) is 0.676. The number of rotatable bonds is 3. The van der Waals surface area contributed by atoms with Crippen molar-refractivity contribution < 1.29 is 9.59 Å². The Morgan fingerprint density at radius 2 is 1.69 bits per heavy atom. The van der Waals surface area contributed by atoms with E-state index in [0.717, 1.165) is 44.6 Å². The number of piperazine rings is 1. The zero-order valence-electron chi connectivity index (χ0n) is 18.2. The molecule has 0 spiro atoms. The zero-order chi connectivity index (χ0) is 22.1. The van der Waals surface area contributed by atoms with E-state index in [-0.39, 0.29) is 23.9 Å². The van der Waals surface area contributed by atoms with Crippen LogP contribution in [0.25, 0.3) is 0 Å². The Balaban J connectivity index is 1.31. The minimum absolute atomic E-state index is 0.00218. The molecule has 168 valence electrons. The number of halogens is 1. The maximum absolute atomic E-state index is 13.7. The van der Waals surface area contributed by atoms with Crippen LogP contribution >= 0.6 is 11.6 Å². The Morgan fingerprint density at radius 1 is 0.938 bits per heavy atom. The third kappa shape index (κ3) is 4.08. The van der Waals surface area contributed by atoms with Crippen LogP contribution in [-0.4, -0.2) is 64.9 Å². The second kappa shape index (κ2) is 9.10. The van der Waals surface area contributed by atoms with Gasteiger partial charge < -0.3 is 14.7 Å². The highest BCUT2D eigenvalue weighted by Gasteiger charge is 2.48. The van der Waals surface area contributed by atoms with Crippen molar-refractivity contribution in [3.05, 3.63) is 59.2 Å². The lowest BCUT2D eigenvalue weighted by molar-refractivity contribution is -0.136. The lowest BCUT2D eigenvalue weighted by atomic mass is 9.84. The molecule has 0 bridgehead atoms. The molecule has 2 saturated heterocycles. The second-order valence-corrected chi connectivity index (χ2v) is 9.53. The van der Waals surface area contributed by atoms with Crippen LogP contribution in [0.2, 0.25) is 5.02 Å². The quantitative estimate of drug-likeness (QED) is 0.709. The summed E-state index contributed by atoms with van der Waals surface area (Å²) >= 11 is 5.96. The minimum Gasteiger partial charge on any atom is -0.353 e. The van der Waals surface area contributed by atoms with Crippen LogP contribution in [0.3, 0.4) is 0 Å². The lowest BCUT2D eigenvalue weighted by Crippen LogP contribution is -2.55. The van der Waals surface area contributed by atoms with Gasteiger partial charge in [0.25, 0.3) is 5.91 Å². The van der Waals surface area contributed by atoms with Gasteiger partial charge in [0.05, 0.1) is 5.02 Å². The number of likely N-dealkylation sites (tertiary alicyclic amines) is 1. The van der Waals surface area contributed by atoms with Crippen LogP contribution < -0.4 is 4.90 Å². The summed E-state index contributed by atoms with van der Waals surface area (Å²) in [7, 11) is 0. The maximum Gasteiger partial charge on any atom is 0.254 e. The molecular formula is C25H29ClN4O2. The summed E-state index contributed by atoms with van der Waals surface area (Å²) in [6.45, 7) is 2.74. The lowest BCUT2D eigenvalue weighted by Gasteiger charge is -2.39. The molecule has 3 unspecified atom stereocenters. The number of nitrogens with zero attached hydrogens (tertiary/aromatic N) is 4. The van der Waals surface area contributed by atoms with Crippen molar-refractivity contribution in [2.75, 3.05) is 31.1 Å². The highest BCUT2D eigenvalue weighted by Crippen LogP contribution is 2.41. The molecule has 2 aromatic rings. The molecule has 0 N–H and O–H groups in total. The predicted octanol–water partition coefficient (Wildman–Crippen LogP) is 3.86. The molecule has 3 heterocycles. The molecule has 3 fully saturated rings. The summed E-state index contributed by atoms with van der Waals surface area (Å²) in [4.78, 5) is 37.6. The third-order valence-corrected chi connectivity index (χ3v) is 7.48. The molecule has 1 aliphatic carbocycles. The number of carbonyl (C=O) groups is 2. The molecule has 3 atom stereocenters. The van der Waals surface area contributed by atoms with Gasteiger partial charge in [0.1, 0.15) is 11.9 Å². The van der Waals surface area contributed by atoms with Gasteiger partial charge in [0.15, 0.2) is 0 Å². The van der Waals surface area contributed by atoms with Crippen molar-refractivity contribution in [3.8, 4) is 0 Å². The van der Waals surface area contributed by atoms with Gasteiger partial charge >= 0.3 is 0 Å². The van der Waals surface area contributed by atoms with Gasteiger partial charge in [-0.3, -0.25) is 9.59 Å². The molecule has 2 aliphatic heterocycles. The van der Waals surface area contributed by atoms with E-state index in [0.29, 0.717) is 29.6 Å². The fraction of sp³-hybridized carbons (Fsp3) is 0.480. The molecule has 2 amide bonds. The van der Waals surface area contributed by atoms with Crippen molar-refractivity contribution in [2.45, 2.75) is 44.2 Å². The van der Waals surface area contributed by atoms with Gasteiger partial charge in [-0.15, -0.1) is 0 Å². The highest BCUT2D eigenvalue weighted by molar-refractivity contribution is 6.30. The number of fused-ring (bicyclic) bond motifs is 1. The maximum atomic E-state index is 13.7. The number of benzene rings is 1. The van der Waals surface area contributed by atoms with E-state index >= 15 is 0 Å². The fourth-order valence-corrected chi connectivity index (χ4v) is 5.74. The SMILES string of the molecule is O=C(C1CC2CCCCC2N1C(=O)c1ccccc1)N1CCN(c2ccc(Cl)cn2)CC1. The average molecular weight is 453 g/mol. The molecule has 6 nitrogen and oxygen atoms in total. The van der Waals surface area contributed by atoms with Gasteiger partial charge in [-0.05, 0) is 49.4 Å². The number of hydrogen-bond donors (Lipinski definition) is 0. The predicted molar refractivity (Wildman–Crippen MR) is 125 cm³/mol. The highest BCUT2D eigenvalue weighted by atomic mass is 35.5. The van der Waals surface area contributed by atoms with E-state index in [2.05, 4.69) is 9.88 Å². The summed E-state index contributed by atoms with van der Waals surface area (Å²) in [5, 5.41) is 0.619. The van der Waals surface area contributed by atoms with Crippen molar-refractivity contribution in [2.24, 2.45) is 5.92 Å². The van der Waals surface area contributed by atoms with Gasteiger partial charge in [0, 0.05) is 44.0 Å². The minimum atomic E-state index is -0.351. The molecule has 3 aliphatic rings. The van der Waals surface area contributed by atoms with Crippen LogP contribution in [0.5, 0.6) is 0 Å². The summed E-state index contributed by atoms with van der Waals surface area (Å²) in [6.07, 6.45) is 6.89. The van der Waals surface area contributed by atoms with Crippen molar-refractivity contribution in [1.29, 1.82) is 0 Å². The van der Waals surface area contributed by atoms with Crippen LogP contribution in [0, 0.1) is 5.92 Å². The number of carbonyl (C=O) groups excluding carboxylic acids is 2. The first-order chi connectivity index (χ1) is 15.6. The number of amides is 2. The van der Waals surface area contributed by atoms with E-state index in [1.54, 1.807) is 6.20 Å². The standard InChI is InChI=1S/C25H29ClN4O2/c26-20-10-11-23(27-17-20)28-12-14-29(15-13-28)25(32)22-16-19-8-4-5-9-21(19)30(22)24(31)18-6-2-1-3-7-18/h1-3,6-7,10-11,17,19,21-22H,4-5,8-9,12-16H2. The van der Waals surface area contributed by atoms with Crippen LogP contribution in [0.4, 0.5) is 5.82 Å². The third-order valence-electron chi connectivity index (χ3n) is 7.26. The first-order valence-electron chi connectivity index (χ1n) is 11.6. The normalized spacial score (nSPS) is 25.5. The Bertz CT molecular complexity index is 960. The largest absolute Gasteiger partial charge is 0.353 e. The molecular weight excluding hydrogens is 424 g/mol. The topological polar surface area (TPSA) is 56.8 Å². The van der Waals surface area contributed by atoms with Crippen LogP contribution in [0.15, 0.2) is 48.7 Å². The van der Waals surface area contributed by atoms with Crippen LogP contribution in [0.1, 0.15) is 42.5 Å². The Kier molecular flexibility index (Phi) is 6.05. The van der Waals surface area contributed by atoms with Crippen molar-refractivity contribution in [1.82, 2.24) is 14.8 Å². The summed E-state index contributed by atoms with van der Waals surface area (Å²) in [6, 6.07) is 13.0. The Morgan fingerprint density at radius 3 is 2.41 bits per heavy atom. The Labute approximate surface area is 194 Å². The van der Waals surface area contributed by atoms with Gasteiger partial charge in [-0.1, -0.05) is 42.6 Å². The zero-order valence-corrected chi connectivity index (χ0v) is 19.0. The first-order valence-corrected chi connectivity index (χ1v) is 12.0. The fourth-order valence-electron chi connectivity index (χ4n) is 5.62. The molecule has 32 heavy (non-hydrogen) atoms.